The molecular formula is C10H13NO2S. The van der Waals surface area contributed by atoms with E-state index in [1.54, 1.807) is 6.07 Å². The molecule has 4 heteroatoms. The Morgan fingerprint density at radius 3 is 2.29 bits per heavy atom. The summed E-state index contributed by atoms with van der Waals surface area (Å²) in [6.07, 6.45) is 2.67. The molecule has 0 heterocycles. The highest BCUT2D eigenvalue weighted by Gasteiger charge is 2.54. The molecule has 3 nitrogen and oxygen atoms in total. The molecule has 2 rings (SSSR count). The van der Waals surface area contributed by atoms with Crippen molar-refractivity contribution in [3.8, 4) is 0 Å². The van der Waals surface area contributed by atoms with Gasteiger partial charge in [0, 0.05) is 11.9 Å². The van der Waals surface area contributed by atoms with Crippen molar-refractivity contribution >= 4 is 15.5 Å². The molecule has 0 atom stereocenters. The molecule has 0 bridgehead atoms. The Morgan fingerprint density at radius 2 is 1.86 bits per heavy atom. The summed E-state index contributed by atoms with van der Waals surface area (Å²) in [4.78, 5) is 0. The maximum Gasteiger partial charge on any atom is 0.157 e. The number of nitrogen functional groups attached to an aromatic ring is 1. The molecule has 76 valence electrons. The first kappa shape index (κ1) is 9.52. The monoisotopic (exact) mass is 211 g/mol. The molecule has 0 spiro atoms. The van der Waals surface area contributed by atoms with E-state index in [1.165, 1.54) is 6.26 Å². The zero-order valence-corrected chi connectivity index (χ0v) is 8.84. The standard InChI is InChI=1S/C10H13NO2S/c1-14(12,13)10(6-7-10)8-4-2-3-5-9(8)11/h2-5H,6-7,11H2,1H3. The molecule has 1 aliphatic carbocycles. The summed E-state index contributed by atoms with van der Waals surface area (Å²) in [5.74, 6) is 0. The van der Waals surface area contributed by atoms with E-state index in [1.807, 2.05) is 18.2 Å². The third-order valence-electron chi connectivity index (χ3n) is 2.87. The van der Waals surface area contributed by atoms with Crippen LogP contribution in [0.25, 0.3) is 0 Å². The Morgan fingerprint density at radius 1 is 1.29 bits per heavy atom. The largest absolute Gasteiger partial charge is 0.398 e. The topological polar surface area (TPSA) is 60.2 Å². The lowest BCUT2D eigenvalue weighted by Gasteiger charge is -2.15. The first-order valence-electron chi connectivity index (χ1n) is 4.52. The minimum atomic E-state index is -3.05. The van der Waals surface area contributed by atoms with Crippen LogP contribution in [0.2, 0.25) is 0 Å². The molecule has 0 aromatic heterocycles. The fourth-order valence-electron chi connectivity index (χ4n) is 1.87. The molecule has 1 aromatic carbocycles. The van der Waals surface area contributed by atoms with E-state index in [0.717, 1.165) is 5.56 Å². The van der Waals surface area contributed by atoms with Gasteiger partial charge in [0.05, 0.1) is 4.75 Å². The van der Waals surface area contributed by atoms with E-state index in [9.17, 15) is 8.42 Å². The Labute approximate surface area is 83.9 Å². The summed E-state index contributed by atoms with van der Waals surface area (Å²) in [5.41, 5.74) is 7.12. The molecule has 2 N–H and O–H groups in total. The zero-order chi connectivity index (χ0) is 10.4. The second-order valence-electron chi connectivity index (χ2n) is 3.85. The average molecular weight is 211 g/mol. The van der Waals surface area contributed by atoms with E-state index in [2.05, 4.69) is 0 Å². The van der Waals surface area contributed by atoms with Gasteiger partial charge in [-0.05, 0) is 24.5 Å². The van der Waals surface area contributed by atoms with Crippen LogP contribution in [0.15, 0.2) is 24.3 Å². The van der Waals surface area contributed by atoms with Crippen molar-refractivity contribution in [2.75, 3.05) is 12.0 Å². The number of hydrogen-bond acceptors (Lipinski definition) is 3. The highest BCUT2D eigenvalue weighted by atomic mass is 32.2. The molecule has 1 aliphatic rings. The Bertz CT molecular complexity index is 461. The second kappa shape index (κ2) is 2.73. The number of para-hydroxylation sites is 1. The van der Waals surface area contributed by atoms with Crippen LogP contribution in [0.3, 0.4) is 0 Å². The number of sulfone groups is 1. The zero-order valence-electron chi connectivity index (χ0n) is 8.03. The summed E-state index contributed by atoms with van der Waals surface area (Å²) in [7, 11) is -3.05. The summed E-state index contributed by atoms with van der Waals surface area (Å²) in [6.45, 7) is 0. The fraction of sp³-hybridized carbons (Fsp3) is 0.400. The number of benzene rings is 1. The van der Waals surface area contributed by atoms with Gasteiger partial charge in [-0.3, -0.25) is 0 Å². The first-order chi connectivity index (χ1) is 6.47. The predicted molar refractivity (Wildman–Crippen MR) is 56.6 cm³/mol. The van der Waals surface area contributed by atoms with Crippen molar-refractivity contribution < 1.29 is 8.42 Å². The van der Waals surface area contributed by atoms with Crippen LogP contribution in [0.4, 0.5) is 5.69 Å². The van der Waals surface area contributed by atoms with Gasteiger partial charge in [0.2, 0.25) is 0 Å². The van der Waals surface area contributed by atoms with E-state index in [4.69, 9.17) is 5.73 Å². The Balaban J connectivity index is 2.57. The van der Waals surface area contributed by atoms with Crippen molar-refractivity contribution in [2.45, 2.75) is 17.6 Å². The second-order valence-corrected chi connectivity index (χ2v) is 6.18. The molecule has 1 fully saturated rings. The van der Waals surface area contributed by atoms with Crippen LogP contribution >= 0.6 is 0 Å². The summed E-state index contributed by atoms with van der Waals surface area (Å²) in [5, 5.41) is 0. The van der Waals surface area contributed by atoms with Gasteiger partial charge in [-0.15, -0.1) is 0 Å². The van der Waals surface area contributed by atoms with E-state index >= 15 is 0 Å². The first-order valence-corrected chi connectivity index (χ1v) is 6.41. The van der Waals surface area contributed by atoms with E-state index < -0.39 is 14.6 Å². The number of anilines is 1. The van der Waals surface area contributed by atoms with Crippen molar-refractivity contribution in [3.63, 3.8) is 0 Å². The third-order valence-corrected chi connectivity index (χ3v) is 4.91. The number of nitrogens with two attached hydrogens (primary N) is 1. The smallest absolute Gasteiger partial charge is 0.157 e. The van der Waals surface area contributed by atoms with Gasteiger partial charge < -0.3 is 5.73 Å². The van der Waals surface area contributed by atoms with Crippen LogP contribution in [0.1, 0.15) is 18.4 Å². The highest BCUT2D eigenvalue weighted by molar-refractivity contribution is 7.92. The van der Waals surface area contributed by atoms with Gasteiger partial charge >= 0.3 is 0 Å². The average Bonchev–Trinajstić information content (AvgIpc) is 2.84. The molecular weight excluding hydrogens is 198 g/mol. The maximum absolute atomic E-state index is 11.6. The Hall–Kier alpha value is -1.03. The highest BCUT2D eigenvalue weighted by Crippen LogP contribution is 2.53. The molecule has 14 heavy (non-hydrogen) atoms. The molecule has 0 unspecified atom stereocenters. The lowest BCUT2D eigenvalue weighted by Crippen LogP contribution is -2.20. The molecule has 0 saturated heterocycles. The minimum absolute atomic E-state index is 0.579. The lowest BCUT2D eigenvalue weighted by atomic mass is 10.1. The molecule has 0 radical (unpaired) electrons. The van der Waals surface area contributed by atoms with E-state index in [-0.39, 0.29) is 0 Å². The molecule has 0 amide bonds. The van der Waals surface area contributed by atoms with E-state index in [0.29, 0.717) is 18.5 Å². The fourth-order valence-corrected chi connectivity index (χ4v) is 3.29. The molecule has 1 aromatic rings. The van der Waals surface area contributed by atoms with Crippen molar-refractivity contribution in [1.29, 1.82) is 0 Å². The predicted octanol–water partition coefficient (Wildman–Crippen LogP) is 1.30. The normalized spacial score (nSPS) is 19.2. The van der Waals surface area contributed by atoms with Gasteiger partial charge in [-0.25, -0.2) is 8.42 Å². The van der Waals surface area contributed by atoms with Crippen molar-refractivity contribution in [2.24, 2.45) is 0 Å². The van der Waals surface area contributed by atoms with Crippen LogP contribution in [0, 0.1) is 0 Å². The van der Waals surface area contributed by atoms with Gasteiger partial charge in [0.1, 0.15) is 0 Å². The quantitative estimate of drug-likeness (QED) is 0.750. The number of rotatable bonds is 2. The van der Waals surface area contributed by atoms with Crippen LogP contribution in [0.5, 0.6) is 0 Å². The summed E-state index contributed by atoms with van der Waals surface area (Å²) >= 11 is 0. The van der Waals surface area contributed by atoms with Crippen LogP contribution in [-0.2, 0) is 14.6 Å². The van der Waals surface area contributed by atoms with Gasteiger partial charge in [-0.1, -0.05) is 18.2 Å². The minimum Gasteiger partial charge on any atom is -0.398 e. The van der Waals surface area contributed by atoms with Gasteiger partial charge in [-0.2, -0.15) is 0 Å². The van der Waals surface area contributed by atoms with Crippen molar-refractivity contribution in [1.82, 2.24) is 0 Å². The molecule has 1 saturated carbocycles. The lowest BCUT2D eigenvalue weighted by molar-refractivity contribution is 0.586. The van der Waals surface area contributed by atoms with Crippen LogP contribution in [-0.4, -0.2) is 14.7 Å². The Kier molecular flexibility index (Phi) is 1.86. The SMILES string of the molecule is CS(=O)(=O)C1(c2ccccc2N)CC1. The third kappa shape index (κ3) is 1.21. The van der Waals surface area contributed by atoms with Crippen LogP contribution < -0.4 is 5.73 Å². The summed E-state index contributed by atoms with van der Waals surface area (Å²) < 4.78 is 22.5. The van der Waals surface area contributed by atoms with Gasteiger partial charge in [0.15, 0.2) is 9.84 Å². The van der Waals surface area contributed by atoms with Gasteiger partial charge in [0.25, 0.3) is 0 Å². The summed E-state index contributed by atoms with van der Waals surface area (Å²) in [6, 6.07) is 7.21. The number of hydrogen-bond donors (Lipinski definition) is 1. The maximum atomic E-state index is 11.6. The van der Waals surface area contributed by atoms with Crippen molar-refractivity contribution in [3.05, 3.63) is 29.8 Å². The molecule has 0 aliphatic heterocycles.